The van der Waals surface area contributed by atoms with Crippen molar-refractivity contribution >= 4 is 11.9 Å². The summed E-state index contributed by atoms with van der Waals surface area (Å²) >= 11 is 0. The number of hydrogen-bond donors (Lipinski definition) is 1. The van der Waals surface area contributed by atoms with E-state index in [4.69, 9.17) is 9.73 Å². The van der Waals surface area contributed by atoms with Crippen LogP contribution in [0.5, 0.6) is 5.75 Å². The first-order chi connectivity index (χ1) is 15.0. The summed E-state index contributed by atoms with van der Waals surface area (Å²) in [5.74, 6) is 2.11. The zero-order chi connectivity index (χ0) is 22.2. The molecular weight excluding hydrogens is 390 g/mol. The second-order valence-electron chi connectivity index (χ2n) is 8.72. The fourth-order valence-corrected chi connectivity index (χ4v) is 4.26. The van der Waals surface area contributed by atoms with Crippen LogP contribution >= 0.6 is 0 Å². The molecule has 7 heteroatoms. The van der Waals surface area contributed by atoms with E-state index in [1.807, 2.05) is 30.9 Å². The number of nitrogens with zero attached hydrogens (tertiary/aromatic N) is 4. The number of nitrogens with one attached hydrogen (secondary N) is 1. The lowest BCUT2D eigenvalue weighted by Crippen LogP contribution is -2.57. The standard InChI is InChI=1S/C24H39N5O2/c1-5-25-24(26-18-21-9-8-10-22(17-21)31-19(2)3)29-15-13-27(14-16-29)20(4)23(30)28-11-6-7-12-28/h8-10,17,19-20H,5-7,11-16,18H2,1-4H3,(H,25,26). The van der Waals surface area contributed by atoms with Crippen LogP contribution in [0.3, 0.4) is 0 Å². The van der Waals surface area contributed by atoms with Crippen molar-refractivity contribution in [1.82, 2.24) is 20.0 Å². The molecule has 31 heavy (non-hydrogen) atoms. The number of carbonyl (C=O) groups is 1. The number of carbonyl (C=O) groups excluding carboxylic acids is 1. The summed E-state index contributed by atoms with van der Waals surface area (Å²) in [5.41, 5.74) is 1.14. The summed E-state index contributed by atoms with van der Waals surface area (Å²) in [7, 11) is 0. The highest BCUT2D eigenvalue weighted by molar-refractivity contribution is 5.82. The highest BCUT2D eigenvalue weighted by Gasteiger charge is 2.30. The lowest BCUT2D eigenvalue weighted by Gasteiger charge is -2.39. The van der Waals surface area contributed by atoms with Crippen LogP contribution in [-0.4, -0.2) is 84.5 Å². The second-order valence-corrected chi connectivity index (χ2v) is 8.72. The lowest BCUT2D eigenvalue weighted by molar-refractivity contribution is -0.135. The summed E-state index contributed by atoms with van der Waals surface area (Å²) in [6.07, 6.45) is 2.44. The van der Waals surface area contributed by atoms with Gasteiger partial charge in [0.2, 0.25) is 5.91 Å². The first kappa shape index (κ1) is 23.4. The van der Waals surface area contributed by atoms with Gasteiger partial charge in [-0.25, -0.2) is 4.99 Å². The highest BCUT2D eigenvalue weighted by Crippen LogP contribution is 2.17. The number of rotatable bonds is 7. The van der Waals surface area contributed by atoms with Gasteiger partial charge in [-0.1, -0.05) is 12.1 Å². The second kappa shape index (κ2) is 11.4. The molecule has 1 aromatic carbocycles. The molecule has 1 unspecified atom stereocenters. The van der Waals surface area contributed by atoms with E-state index in [1.54, 1.807) is 0 Å². The van der Waals surface area contributed by atoms with Crippen molar-refractivity contribution in [3.05, 3.63) is 29.8 Å². The molecule has 0 aliphatic carbocycles. The van der Waals surface area contributed by atoms with Gasteiger partial charge in [0.1, 0.15) is 5.75 Å². The molecule has 1 amide bonds. The number of ether oxygens (including phenoxy) is 1. The highest BCUT2D eigenvalue weighted by atomic mass is 16.5. The van der Waals surface area contributed by atoms with Gasteiger partial charge in [0.05, 0.1) is 18.7 Å². The number of aliphatic imine (C=N–C) groups is 1. The van der Waals surface area contributed by atoms with E-state index in [1.165, 1.54) is 0 Å². The number of amides is 1. The number of hydrogen-bond acceptors (Lipinski definition) is 4. The minimum Gasteiger partial charge on any atom is -0.491 e. The predicted octanol–water partition coefficient (Wildman–Crippen LogP) is 2.57. The van der Waals surface area contributed by atoms with Crippen molar-refractivity contribution in [3.63, 3.8) is 0 Å². The summed E-state index contributed by atoms with van der Waals surface area (Å²) < 4.78 is 5.80. The van der Waals surface area contributed by atoms with E-state index in [9.17, 15) is 4.79 Å². The summed E-state index contributed by atoms with van der Waals surface area (Å²) in [4.78, 5) is 24.3. The number of likely N-dealkylation sites (tertiary alicyclic amines) is 1. The minimum absolute atomic E-state index is 0.0385. The third kappa shape index (κ3) is 6.60. The average Bonchev–Trinajstić information content (AvgIpc) is 3.30. The molecule has 3 rings (SSSR count). The number of guanidine groups is 1. The van der Waals surface area contributed by atoms with Gasteiger partial charge in [0.25, 0.3) is 0 Å². The van der Waals surface area contributed by atoms with Crippen molar-refractivity contribution in [2.24, 2.45) is 4.99 Å². The van der Waals surface area contributed by atoms with Crippen molar-refractivity contribution in [2.45, 2.75) is 59.2 Å². The fourth-order valence-electron chi connectivity index (χ4n) is 4.26. The Morgan fingerprint density at radius 1 is 1.06 bits per heavy atom. The van der Waals surface area contributed by atoms with Crippen LogP contribution in [0.15, 0.2) is 29.3 Å². The van der Waals surface area contributed by atoms with E-state index < -0.39 is 0 Å². The smallest absolute Gasteiger partial charge is 0.239 e. The molecule has 2 aliphatic heterocycles. The molecule has 0 spiro atoms. The Balaban J connectivity index is 1.56. The maximum atomic E-state index is 12.7. The topological polar surface area (TPSA) is 60.4 Å². The quantitative estimate of drug-likeness (QED) is 0.533. The normalized spacial score (nSPS) is 19.1. The summed E-state index contributed by atoms with van der Waals surface area (Å²) in [5, 5.41) is 3.43. The molecular formula is C24H39N5O2. The maximum absolute atomic E-state index is 12.7. The molecule has 2 saturated heterocycles. The Hall–Kier alpha value is -2.28. The fraction of sp³-hybridized carbons (Fsp3) is 0.667. The monoisotopic (exact) mass is 429 g/mol. The van der Waals surface area contributed by atoms with Crippen LogP contribution in [0.2, 0.25) is 0 Å². The van der Waals surface area contributed by atoms with Crippen molar-refractivity contribution in [3.8, 4) is 5.75 Å². The van der Waals surface area contributed by atoms with Crippen LogP contribution in [0, 0.1) is 0 Å². The van der Waals surface area contributed by atoms with Gasteiger partial charge in [-0.2, -0.15) is 0 Å². The largest absolute Gasteiger partial charge is 0.491 e. The Morgan fingerprint density at radius 3 is 2.42 bits per heavy atom. The third-order valence-corrected chi connectivity index (χ3v) is 5.95. The average molecular weight is 430 g/mol. The van der Waals surface area contributed by atoms with E-state index >= 15 is 0 Å². The molecule has 0 radical (unpaired) electrons. The Bertz CT molecular complexity index is 737. The molecule has 0 bridgehead atoms. The molecule has 172 valence electrons. The number of piperazine rings is 1. The molecule has 7 nitrogen and oxygen atoms in total. The Kier molecular flexibility index (Phi) is 8.58. The van der Waals surface area contributed by atoms with Gasteiger partial charge in [-0.3, -0.25) is 9.69 Å². The van der Waals surface area contributed by atoms with E-state index in [0.29, 0.717) is 6.54 Å². The molecule has 1 atom stereocenters. The van der Waals surface area contributed by atoms with Crippen LogP contribution in [-0.2, 0) is 11.3 Å². The van der Waals surface area contributed by atoms with Gasteiger partial charge in [-0.15, -0.1) is 0 Å². The Labute approximate surface area is 187 Å². The van der Waals surface area contributed by atoms with Crippen LogP contribution < -0.4 is 10.1 Å². The van der Waals surface area contributed by atoms with Gasteiger partial charge < -0.3 is 19.9 Å². The molecule has 2 fully saturated rings. The molecule has 0 saturated carbocycles. The molecule has 2 heterocycles. The van der Waals surface area contributed by atoms with Crippen molar-refractivity contribution < 1.29 is 9.53 Å². The van der Waals surface area contributed by atoms with Crippen molar-refractivity contribution in [2.75, 3.05) is 45.8 Å². The number of benzene rings is 1. The predicted molar refractivity (Wildman–Crippen MR) is 125 cm³/mol. The van der Waals surface area contributed by atoms with E-state index in [2.05, 4.69) is 41.1 Å². The summed E-state index contributed by atoms with van der Waals surface area (Å²) in [6, 6.07) is 8.12. The van der Waals surface area contributed by atoms with Crippen LogP contribution in [0.25, 0.3) is 0 Å². The van der Waals surface area contributed by atoms with Crippen LogP contribution in [0.1, 0.15) is 46.1 Å². The van der Waals surface area contributed by atoms with Crippen molar-refractivity contribution in [1.29, 1.82) is 0 Å². The van der Waals surface area contributed by atoms with E-state index in [-0.39, 0.29) is 18.1 Å². The first-order valence-corrected chi connectivity index (χ1v) is 11.8. The Morgan fingerprint density at radius 2 is 1.77 bits per heavy atom. The van der Waals surface area contributed by atoms with Crippen LogP contribution in [0.4, 0.5) is 0 Å². The van der Waals surface area contributed by atoms with E-state index in [0.717, 1.165) is 75.9 Å². The molecule has 1 aromatic rings. The zero-order valence-electron chi connectivity index (χ0n) is 19.6. The molecule has 0 aromatic heterocycles. The first-order valence-electron chi connectivity index (χ1n) is 11.8. The third-order valence-electron chi connectivity index (χ3n) is 5.95. The minimum atomic E-state index is -0.0385. The lowest BCUT2D eigenvalue weighted by atomic mass is 10.2. The van der Waals surface area contributed by atoms with Gasteiger partial charge in [-0.05, 0) is 58.2 Å². The summed E-state index contributed by atoms with van der Waals surface area (Å²) in [6.45, 7) is 15.0. The van der Waals surface area contributed by atoms with Gasteiger partial charge in [0, 0.05) is 45.8 Å². The van der Waals surface area contributed by atoms with Gasteiger partial charge >= 0.3 is 0 Å². The molecule has 2 aliphatic rings. The SMILES string of the molecule is CCNC(=NCc1cccc(OC(C)C)c1)N1CCN(C(C)C(=O)N2CCCC2)CC1. The molecule has 1 N–H and O–H groups in total. The van der Waals surface area contributed by atoms with Gasteiger partial charge in [0.15, 0.2) is 5.96 Å². The maximum Gasteiger partial charge on any atom is 0.239 e. The zero-order valence-corrected chi connectivity index (χ0v) is 19.6.